The number of pyridine rings is 1. The number of rotatable bonds is 4. The van der Waals surface area contributed by atoms with Crippen LogP contribution in [0.2, 0.25) is 0 Å². The molecular formula is C17H17FN4O3. The summed E-state index contributed by atoms with van der Waals surface area (Å²) < 4.78 is 25.1. The van der Waals surface area contributed by atoms with Crippen molar-refractivity contribution in [2.75, 3.05) is 26.3 Å². The molecule has 2 saturated heterocycles. The Balaban J connectivity index is 1.38. The maximum absolute atomic E-state index is 13.6. The van der Waals surface area contributed by atoms with Crippen molar-refractivity contribution in [1.29, 1.82) is 0 Å². The number of halogens is 1. The molecule has 130 valence electrons. The summed E-state index contributed by atoms with van der Waals surface area (Å²) in [6.07, 6.45) is 6.77. The lowest BCUT2D eigenvalue weighted by Crippen LogP contribution is -2.66. The molecule has 2 aromatic rings. The second-order valence-electron chi connectivity index (χ2n) is 6.25. The summed E-state index contributed by atoms with van der Waals surface area (Å²) in [7, 11) is 0. The predicted molar refractivity (Wildman–Crippen MR) is 84.4 cm³/mol. The molecule has 4 heterocycles. The predicted octanol–water partition coefficient (Wildman–Crippen LogP) is 1.32. The molecule has 2 aromatic heterocycles. The fourth-order valence-electron chi connectivity index (χ4n) is 3.34. The van der Waals surface area contributed by atoms with Gasteiger partial charge in [-0.05, 0) is 18.6 Å². The van der Waals surface area contributed by atoms with Gasteiger partial charge in [0.25, 0.3) is 5.91 Å². The lowest BCUT2D eigenvalue weighted by atomic mass is 9.81. The van der Waals surface area contributed by atoms with Crippen molar-refractivity contribution in [2.45, 2.75) is 12.0 Å². The van der Waals surface area contributed by atoms with Crippen molar-refractivity contribution in [2.24, 2.45) is 5.92 Å². The van der Waals surface area contributed by atoms with Crippen LogP contribution in [0.25, 0.3) is 0 Å². The van der Waals surface area contributed by atoms with Crippen molar-refractivity contribution >= 4 is 5.91 Å². The van der Waals surface area contributed by atoms with Crippen LogP contribution in [0.3, 0.4) is 0 Å². The molecule has 0 unspecified atom stereocenters. The largest absolute Gasteiger partial charge is 0.475 e. The first-order chi connectivity index (χ1) is 12.2. The Morgan fingerprint density at radius 3 is 3.00 bits per heavy atom. The Morgan fingerprint density at radius 2 is 2.24 bits per heavy atom. The fraction of sp³-hybridized carbons (Fsp3) is 0.412. The Labute approximate surface area is 143 Å². The number of hydrogen-bond acceptors (Lipinski definition) is 6. The zero-order valence-electron chi connectivity index (χ0n) is 13.5. The zero-order chi connectivity index (χ0) is 17.3. The molecule has 25 heavy (non-hydrogen) atoms. The number of carbonyl (C=O) groups excluding carboxylic acids is 1. The van der Waals surface area contributed by atoms with E-state index in [0.717, 1.165) is 6.42 Å². The van der Waals surface area contributed by atoms with Crippen molar-refractivity contribution < 1.29 is 18.7 Å². The summed E-state index contributed by atoms with van der Waals surface area (Å²) in [6, 6.07) is 2.83. The van der Waals surface area contributed by atoms with Gasteiger partial charge in [0.1, 0.15) is 11.3 Å². The quantitative estimate of drug-likeness (QED) is 0.833. The molecular weight excluding hydrogens is 327 g/mol. The summed E-state index contributed by atoms with van der Waals surface area (Å²) in [5.41, 5.74) is -0.109. The molecule has 0 aromatic carbocycles. The highest BCUT2D eigenvalue weighted by Gasteiger charge is 2.55. The number of carbonyl (C=O) groups is 1. The van der Waals surface area contributed by atoms with E-state index in [1.807, 2.05) is 0 Å². The van der Waals surface area contributed by atoms with Gasteiger partial charge in [-0.15, -0.1) is 0 Å². The lowest BCUT2D eigenvalue weighted by Gasteiger charge is -2.49. The Hall–Kier alpha value is -2.61. The second-order valence-corrected chi connectivity index (χ2v) is 6.25. The second kappa shape index (κ2) is 6.36. The van der Waals surface area contributed by atoms with E-state index < -0.39 is 11.4 Å². The van der Waals surface area contributed by atoms with Crippen LogP contribution < -0.4 is 4.74 Å². The van der Waals surface area contributed by atoms with Gasteiger partial charge in [0.05, 0.1) is 25.9 Å². The highest BCUT2D eigenvalue weighted by atomic mass is 19.1. The van der Waals surface area contributed by atoms with Crippen LogP contribution in [0.1, 0.15) is 16.9 Å². The third kappa shape index (κ3) is 2.93. The van der Waals surface area contributed by atoms with Gasteiger partial charge in [-0.2, -0.15) is 0 Å². The van der Waals surface area contributed by atoms with E-state index in [0.29, 0.717) is 32.0 Å². The first kappa shape index (κ1) is 15.9. The van der Waals surface area contributed by atoms with E-state index in [1.165, 1.54) is 36.9 Å². The molecule has 0 N–H and O–H groups in total. The van der Waals surface area contributed by atoms with Gasteiger partial charge < -0.3 is 14.4 Å². The van der Waals surface area contributed by atoms with Crippen LogP contribution in [-0.4, -0.2) is 57.7 Å². The average molecular weight is 344 g/mol. The SMILES string of the molecule is O=C(c1cnccn1)N1CC2(C1)OCC[C@@H]2COc1ncccc1F. The van der Waals surface area contributed by atoms with Crippen molar-refractivity contribution in [1.82, 2.24) is 19.9 Å². The normalized spacial score (nSPS) is 21.2. The van der Waals surface area contributed by atoms with Gasteiger partial charge in [0, 0.05) is 31.1 Å². The van der Waals surface area contributed by atoms with Gasteiger partial charge >= 0.3 is 0 Å². The molecule has 0 bridgehead atoms. The summed E-state index contributed by atoms with van der Waals surface area (Å²) >= 11 is 0. The molecule has 7 nitrogen and oxygen atoms in total. The molecule has 2 fully saturated rings. The summed E-state index contributed by atoms with van der Waals surface area (Å²) in [5, 5.41) is 0. The Morgan fingerprint density at radius 1 is 1.36 bits per heavy atom. The van der Waals surface area contributed by atoms with Crippen LogP contribution >= 0.6 is 0 Å². The van der Waals surface area contributed by atoms with Gasteiger partial charge in [-0.3, -0.25) is 9.78 Å². The lowest BCUT2D eigenvalue weighted by molar-refractivity contribution is -0.122. The zero-order valence-corrected chi connectivity index (χ0v) is 13.5. The molecule has 1 atom stereocenters. The Bertz CT molecular complexity index is 767. The number of likely N-dealkylation sites (tertiary alicyclic amines) is 1. The maximum atomic E-state index is 13.6. The van der Waals surface area contributed by atoms with Crippen molar-refractivity contribution in [3.8, 4) is 5.88 Å². The fourth-order valence-corrected chi connectivity index (χ4v) is 3.34. The van der Waals surface area contributed by atoms with Gasteiger partial charge in [-0.1, -0.05) is 0 Å². The monoisotopic (exact) mass is 344 g/mol. The molecule has 1 amide bonds. The summed E-state index contributed by atoms with van der Waals surface area (Å²) in [5.74, 6) is -0.565. The van der Waals surface area contributed by atoms with Crippen molar-refractivity contribution in [3.05, 3.63) is 48.4 Å². The number of amides is 1. The minimum absolute atomic E-state index is 0.00336. The molecule has 1 spiro atoms. The van der Waals surface area contributed by atoms with Crippen molar-refractivity contribution in [3.63, 3.8) is 0 Å². The van der Waals surface area contributed by atoms with Crippen LogP contribution in [-0.2, 0) is 4.74 Å². The van der Waals surface area contributed by atoms with Crippen LogP contribution in [0, 0.1) is 11.7 Å². The molecule has 0 aliphatic carbocycles. The number of ether oxygens (including phenoxy) is 2. The third-order valence-electron chi connectivity index (χ3n) is 4.73. The van der Waals surface area contributed by atoms with Crippen LogP contribution in [0.15, 0.2) is 36.9 Å². The first-order valence-corrected chi connectivity index (χ1v) is 8.10. The van der Waals surface area contributed by atoms with Crippen LogP contribution in [0.4, 0.5) is 4.39 Å². The summed E-state index contributed by atoms with van der Waals surface area (Å²) in [6.45, 7) is 1.86. The van der Waals surface area contributed by atoms with Gasteiger partial charge in [0.2, 0.25) is 5.88 Å². The van der Waals surface area contributed by atoms with E-state index in [-0.39, 0.29) is 17.7 Å². The smallest absolute Gasteiger partial charge is 0.274 e. The highest BCUT2D eigenvalue weighted by molar-refractivity contribution is 5.92. The highest BCUT2D eigenvalue weighted by Crippen LogP contribution is 2.40. The maximum Gasteiger partial charge on any atom is 0.274 e. The topological polar surface area (TPSA) is 77.4 Å². The minimum Gasteiger partial charge on any atom is -0.475 e. The third-order valence-corrected chi connectivity index (χ3v) is 4.73. The molecule has 0 saturated carbocycles. The van der Waals surface area contributed by atoms with Gasteiger partial charge in [-0.25, -0.2) is 14.4 Å². The van der Waals surface area contributed by atoms with E-state index in [1.54, 1.807) is 4.90 Å². The van der Waals surface area contributed by atoms with E-state index >= 15 is 0 Å². The Kier molecular flexibility index (Phi) is 4.04. The first-order valence-electron chi connectivity index (χ1n) is 8.10. The number of aromatic nitrogens is 3. The van der Waals surface area contributed by atoms with Crippen LogP contribution in [0.5, 0.6) is 5.88 Å². The molecule has 0 radical (unpaired) electrons. The standard InChI is InChI=1S/C17H17FN4O3/c18-13-2-1-4-21-15(13)24-9-12-3-7-25-17(12)10-22(11-17)16(23)14-8-19-5-6-20-14/h1-2,4-6,8,12H,3,7,9-11H2/t12-/m1/s1. The molecule has 8 heteroatoms. The molecule has 2 aliphatic heterocycles. The number of hydrogen-bond donors (Lipinski definition) is 0. The summed E-state index contributed by atoms with van der Waals surface area (Å²) in [4.78, 5) is 25.9. The van der Waals surface area contributed by atoms with E-state index in [2.05, 4.69) is 15.0 Å². The van der Waals surface area contributed by atoms with Gasteiger partial charge in [0.15, 0.2) is 5.82 Å². The van der Waals surface area contributed by atoms with E-state index in [4.69, 9.17) is 9.47 Å². The average Bonchev–Trinajstić information content (AvgIpc) is 3.04. The molecule has 2 aliphatic rings. The molecule has 4 rings (SSSR count). The minimum atomic E-state index is -0.483. The van der Waals surface area contributed by atoms with E-state index in [9.17, 15) is 9.18 Å². The number of nitrogens with zero attached hydrogens (tertiary/aromatic N) is 4.